The number of anilines is 1. The summed E-state index contributed by atoms with van der Waals surface area (Å²) >= 11 is 0. The maximum Gasteiger partial charge on any atom is 0.308 e. The number of hydrogen-bond acceptors (Lipinski definition) is 5. The van der Waals surface area contributed by atoms with Crippen LogP contribution in [0.4, 0.5) is 5.82 Å². The first-order valence-corrected chi connectivity index (χ1v) is 5.97. The smallest absolute Gasteiger partial charge is 0.308 e. The van der Waals surface area contributed by atoms with Crippen molar-refractivity contribution in [2.24, 2.45) is 5.92 Å². The molecule has 1 atom stereocenters. The number of nitrogens with one attached hydrogen (secondary N) is 1. The molecule has 0 aliphatic rings. The van der Waals surface area contributed by atoms with Crippen LogP contribution in [0.3, 0.4) is 0 Å². The molecule has 0 radical (unpaired) electrons. The summed E-state index contributed by atoms with van der Waals surface area (Å²) in [6.07, 6.45) is 0.535. The molecule has 1 rings (SSSR count). The second-order valence-corrected chi connectivity index (χ2v) is 4.33. The number of aromatic nitrogens is 2. The van der Waals surface area contributed by atoms with Gasteiger partial charge in [0.2, 0.25) is 0 Å². The van der Waals surface area contributed by atoms with Crippen molar-refractivity contribution in [1.82, 2.24) is 15.1 Å². The Labute approximate surface area is 111 Å². The van der Waals surface area contributed by atoms with E-state index in [1.54, 1.807) is 26.2 Å². The molecule has 7 nitrogen and oxygen atoms in total. The molecule has 0 bridgehead atoms. The van der Waals surface area contributed by atoms with Crippen LogP contribution < -0.4 is 5.32 Å². The summed E-state index contributed by atoms with van der Waals surface area (Å²) in [5, 5.41) is 19.4. The summed E-state index contributed by atoms with van der Waals surface area (Å²) in [5.41, 5.74) is 0.251. The van der Waals surface area contributed by atoms with Crippen LogP contribution >= 0.6 is 0 Å². The van der Waals surface area contributed by atoms with Gasteiger partial charge in [-0.05, 0) is 18.6 Å². The van der Waals surface area contributed by atoms with Gasteiger partial charge in [-0.2, -0.15) is 0 Å². The molecule has 0 spiro atoms. The van der Waals surface area contributed by atoms with Gasteiger partial charge in [0.25, 0.3) is 5.91 Å². The van der Waals surface area contributed by atoms with Crippen LogP contribution in [0.5, 0.6) is 0 Å². The van der Waals surface area contributed by atoms with Crippen LogP contribution in [0.25, 0.3) is 0 Å². The van der Waals surface area contributed by atoms with Crippen molar-refractivity contribution in [3.8, 4) is 0 Å². The Balaban J connectivity index is 2.62. The number of carbonyl (C=O) groups is 2. The fraction of sp³-hybridized carbons (Fsp3) is 0.500. The first kappa shape index (κ1) is 14.9. The van der Waals surface area contributed by atoms with Crippen molar-refractivity contribution in [2.45, 2.75) is 13.3 Å². The Kier molecular flexibility index (Phi) is 5.23. The number of rotatable bonds is 6. The lowest BCUT2D eigenvalue weighted by Gasteiger charge is -2.12. The van der Waals surface area contributed by atoms with Crippen LogP contribution in [0, 0.1) is 5.92 Å². The standard InChI is InChI=1S/C12H18N4O3/c1-4-8(12(18)19)7-13-10-6-5-9(14-15-10)11(17)16(2)3/h5-6,8H,4,7H2,1-3H3,(H,13,15)(H,18,19). The molecule has 0 aromatic carbocycles. The van der Waals surface area contributed by atoms with Crippen molar-refractivity contribution in [3.63, 3.8) is 0 Å². The number of carbonyl (C=O) groups excluding carboxylic acids is 1. The number of aliphatic carboxylic acids is 1. The van der Waals surface area contributed by atoms with Crippen LogP contribution in [0.2, 0.25) is 0 Å². The molecule has 104 valence electrons. The molecular formula is C12H18N4O3. The summed E-state index contributed by atoms with van der Waals surface area (Å²) in [4.78, 5) is 23.8. The Hall–Kier alpha value is -2.18. The minimum atomic E-state index is -0.845. The van der Waals surface area contributed by atoms with Gasteiger partial charge in [-0.1, -0.05) is 6.92 Å². The van der Waals surface area contributed by atoms with Crippen molar-refractivity contribution >= 4 is 17.7 Å². The molecule has 1 unspecified atom stereocenters. The van der Waals surface area contributed by atoms with E-state index in [0.29, 0.717) is 12.2 Å². The van der Waals surface area contributed by atoms with E-state index in [1.807, 2.05) is 6.92 Å². The Bertz CT molecular complexity index is 445. The van der Waals surface area contributed by atoms with E-state index in [2.05, 4.69) is 15.5 Å². The lowest BCUT2D eigenvalue weighted by molar-refractivity contribution is -0.141. The Morgan fingerprint density at radius 1 is 1.37 bits per heavy atom. The first-order chi connectivity index (χ1) is 8.95. The molecule has 1 aromatic rings. The summed E-state index contributed by atoms with van der Waals surface area (Å²) in [5.74, 6) is -1.08. The van der Waals surface area contributed by atoms with E-state index in [0.717, 1.165) is 0 Å². The zero-order valence-electron chi connectivity index (χ0n) is 11.3. The van der Waals surface area contributed by atoms with Gasteiger partial charge in [0, 0.05) is 20.6 Å². The number of hydrogen-bond donors (Lipinski definition) is 2. The predicted molar refractivity (Wildman–Crippen MR) is 70.0 cm³/mol. The van der Waals surface area contributed by atoms with Crippen molar-refractivity contribution in [1.29, 1.82) is 0 Å². The molecule has 0 aliphatic carbocycles. The maximum atomic E-state index is 11.6. The monoisotopic (exact) mass is 266 g/mol. The topological polar surface area (TPSA) is 95.4 Å². The van der Waals surface area contributed by atoms with E-state index in [9.17, 15) is 9.59 Å². The average molecular weight is 266 g/mol. The summed E-state index contributed by atoms with van der Waals surface area (Å²) in [6, 6.07) is 3.16. The van der Waals surface area contributed by atoms with Gasteiger partial charge < -0.3 is 15.3 Å². The molecule has 1 aromatic heterocycles. The average Bonchev–Trinajstić information content (AvgIpc) is 2.38. The van der Waals surface area contributed by atoms with Crippen LogP contribution in [0.15, 0.2) is 12.1 Å². The lowest BCUT2D eigenvalue weighted by atomic mass is 10.1. The molecule has 7 heteroatoms. The molecule has 19 heavy (non-hydrogen) atoms. The van der Waals surface area contributed by atoms with Crippen LogP contribution in [-0.2, 0) is 4.79 Å². The molecule has 0 saturated heterocycles. The SMILES string of the molecule is CCC(CNc1ccc(C(=O)N(C)C)nn1)C(=O)O. The number of carboxylic acids is 1. The minimum Gasteiger partial charge on any atom is -0.481 e. The zero-order valence-corrected chi connectivity index (χ0v) is 11.3. The fourth-order valence-electron chi connectivity index (χ4n) is 1.40. The predicted octanol–water partition coefficient (Wildman–Crippen LogP) is 0.701. The Morgan fingerprint density at radius 2 is 2.05 bits per heavy atom. The van der Waals surface area contributed by atoms with Crippen molar-refractivity contribution in [3.05, 3.63) is 17.8 Å². The normalized spacial score (nSPS) is 11.7. The highest BCUT2D eigenvalue weighted by Gasteiger charge is 2.15. The van der Waals surface area contributed by atoms with E-state index < -0.39 is 11.9 Å². The van der Waals surface area contributed by atoms with E-state index in [4.69, 9.17) is 5.11 Å². The Morgan fingerprint density at radius 3 is 2.47 bits per heavy atom. The van der Waals surface area contributed by atoms with Crippen LogP contribution in [0.1, 0.15) is 23.8 Å². The number of carboxylic acid groups (broad SMARTS) is 1. The molecule has 0 aliphatic heterocycles. The number of amides is 1. The second kappa shape index (κ2) is 6.67. The van der Waals surface area contributed by atoms with Gasteiger partial charge in [-0.3, -0.25) is 9.59 Å². The summed E-state index contributed by atoms with van der Waals surface area (Å²) in [7, 11) is 3.27. The highest BCUT2D eigenvalue weighted by molar-refractivity contribution is 5.91. The second-order valence-electron chi connectivity index (χ2n) is 4.33. The zero-order chi connectivity index (χ0) is 14.4. The molecule has 0 saturated carbocycles. The summed E-state index contributed by atoms with van der Waals surface area (Å²) in [6.45, 7) is 2.09. The highest BCUT2D eigenvalue weighted by atomic mass is 16.4. The third kappa shape index (κ3) is 4.20. The van der Waals surface area contributed by atoms with Gasteiger partial charge in [0.15, 0.2) is 5.69 Å². The van der Waals surface area contributed by atoms with Crippen LogP contribution in [-0.4, -0.2) is 52.7 Å². The van der Waals surface area contributed by atoms with Gasteiger partial charge in [0.05, 0.1) is 5.92 Å². The molecule has 2 N–H and O–H groups in total. The molecule has 1 heterocycles. The maximum absolute atomic E-state index is 11.6. The lowest BCUT2D eigenvalue weighted by Crippen LogP contribution is -2.24. The van der Waals surface area contributed by atoms with E-state index >= 15 is 0 Å². The fourth-order valence-corrected chi connectivity index (χ4v) is 1.40. The molecule has 1 amide bonds. The van der Waals surface area contributed by atoms with Gasteiger partial charge in [0.1, 0.15) is 5.82 Å². The van der Waals surface area contributed by atoms with Gasteiger partial charge >= 0.3 is 5.97 Å². The van der Waals surface area contributed by atoms with Crippen molar-refractivity contribution in [2.75, 3.05) is 26.0 Å². The van der Waals surface area contributed by atoms with Gasteiger partial charge in [-0.15, -0.1) is 10.2 Å². The third-order valence-electron chi connectivity index (χ3n) is 2.66. The highest BCUT2D eigenvalue weighted by Crippen LogP contribution is 2.07. The number of nitrogens with zero attached hydrogens (tertiary/aromatic N) is 3. The quantitative estimate of drug-likeness (QED) is 0.787. The van der Waals surface area contributed by atoms with E-state index in [-0.39, 0.29) is 18.1 Å². The van der Waals surface area contributed by atoms with E-state index in [1.165, 1.54) is 4.90 Å². The molecular weight excluding hydrogens is 248 g/mol. The van der Waals surface area contributed by atoms with Gasteiger partial charge in [-0.25, -0.2) is 0 Å². The minimum absolute atomic E-state index is 0.226. The molecule has 0 fully saturated rings. The third-order valence-corrected chi connectivity index (χ3v) is 2.66. The summed E-state index contributed by atoms with van der Waals surface area (Å²) < 4.78 is 0. The van der Waals surface area contributed by atoms with Crippen molar-refractivity contribution < 1.29 is 14.7 Å². The first-order valence-electron chi connectivity index (χ1n) is 5.97. The largest absolute Gasteiger partial charge is 0.481 e.